The van der Waals surface area contributed by atoms with E-state index in [9.17, 15) is 0 Å². The maximum absolute atomic E-state index is 2.31. The van der Waals surface area contributed by atoms with Gasteiger partial charge in [0.1, 0.15) is 42.4 Å². The van der Waals surface area contributed by atoms with E-state index in [1.807, 2.05) is 0 Å². The molecule has 0 atom stereocenters. The minimum atomic E-state index is 0.787. The van der Waals surface area contributed by atoms with Crippen molar-refractivity contribution in [1.82, 2.24) is 17.9 Å². The fraction of sp³-hybridized carbons (Fsp3) is 0.280. The highest BCUT2D eigenvalue weighted by molar-refractivity contribution is 5.69. The van der Waals surface area contributed by atoms with E-state index in [4.69, 9.17) is 0 Å². The zero-order chi connectivity index (χ0) is 38.7. The predicted molar refractivity (Wildman–Crippen MR) is 238 cm³/mol. The highest BCUT2D eigenvalue weighted by Gasteiger charge is 2.23. The third-order valence-electron chi connectivity index (χ3n) is 11.2. The summed E-state index contributed by atoms with van der Waals surface area (Å²) in [7, 11) is 20.4. The highest BCUT2D eigenvalue weighted by atomic mass is 15.3. The van der Waals surface area contributed by atoms with Gasteiger partial charge in [0.25, 0.3) is 0 Å². The molecule has 0 aliphatic heterocycles. The van der Waals surface area contributed by atoms with Crippen LogP contribution >= 0.6 is 0 Å². The van der Waals surface area contributed by atoms with Gasteiger partial charge in [-0.25, -0.2) is 0 Å². The van der Waals surface area contributed by atoms with E-state index >= 15 is 0 Å². The lowest BCUT2D eigenvalue weighted by Crippen LogP contribution is -2.40. The molecule has 6 aromatic carbocycles. The van der Waals surface area contributed by atoms with Crippen molar-refractivity contribution in [3.63, 3.8) is 0 Å². The van der Waals surface area contributed by atoms with Crippen LogP contribution in [0, 0.1) is 0 Å². The van der Waals surface area contributed by atoms with Gasteiger partial charge in [-0.1, -0.05) is 55.5 Å². The van der Waals surface area contributed by atoms with E-state index in [1.165, 1.54) is 67.3 Å². The maximum atomic E-state index is 2.31. The summed E-state index contributed by atoms with van der Waals surface area (Å²) in [6.45, 7) is 5.03. The molecule has 0 saturated heterocycles. The first-order valence-electron chi connectivity index (χ1n) is 19.4. The second kappa shape index (κ2) is 15.5. The molecule has 0 saturated carbocycles. The first-order valence-corrected chi connectivity index (χ1v) is 19.4. The molecule has 0 radical (unpaired) electrons. The van der Waals surface area contributed by atoms with E-state index in [1.54, 1.807) is 0 Å². The molecular weight excluding hydrogens is 657 g/mol. The van der Waals surface area contributed by atoms with Gasteiger partial charge in [0.15, 0.2) is 0 Å². The second-order valence-electron chi connectivity index (χ2n) is 17.7. The number of benzene rings is 6. The van der Waals surface area contributed by atoms with Crippen LogP contribution in [-0.4, -0.2) is 63.4 Å². The van der Waals surface area contributed by atoms with Crippen LogP contribution in [0.5, 0.6) is 0 Å². The molecule has 0 N–H and O–H groups in total. The molecule has 0 unspecified atom stereocenters. The maximum Gasteiger partial charge on any atom is 0.132 e. The molecule has 0 aliphatic rings. The normalized spacial score (nSPS) is 12.6. The molecule has 0 amide bonds. The standard InChI is InChI=1S/C50H62N4/c1-11-39-12-14-40(15-13-39)36-52(5,6)48-32-24-45(25-33-48)46-26-34-50(35-27-46)54(9,10)38-42-18-16-41(17-19-42)37-53(7,8)49-30-22-44(23-31-49)43-20-28-47(29-21-43)51(2,3)4/h12-35H,11,36-38H2,1-10H3/q+4. The predicted octanol–water partition coefficient (Wildman–Crippen LogP) is 11.1. The van der Waals surface area contributed by atoms with Crippen molar-refractivity contribution in [1.29, 1.82) is 0 Å². The van der Waals surface area contributed by atoms with Crippen molar-refractivity contribution in [2.45, 2.75) is 33.0 Å². The molecule has 4 nitrogen and oxygen atoms in total. The molecule has 0 aliphatic carbocycles. The van der Waals surface area contributed by atoms with Gasteiger partial charge >= 0.3 is 0 Å². The van der Waals surface area contributed by atoms with Gasteiger partial charge < -0.3 is 0 Å². The number of aryl methyl sites for hydroxylation is 1. The van der Waals surface area contributed by atoms with Gasteiger partial charge in [-0.2, -0.15) is 0 Å². The third-order valence-corrected chi connectivity index (χ3v) is 11.2. The first-order chi connectivity index (χ1) is 25.5. The van der Waals surface area contributed by atoms with Gasteiger partial charge in [0.05, 0.1) is 63.4 Å². The van der Waals surface area contributed by atoms with Gasteiger partial charge in [-0.15, -0.1) is 0 Å². The Kier molecular flexibility index (Phi) is 11.1. The number of rotatable bonds is 13. The Balaban J connectivity index is 1.05. The van der Waals surface area contributed by atoms with Gasteiger partial charge in [-0.3, -0.25) is 17.9 Å². The fourth-order valence-electron chi connectivity index (χ4n) is 7.55. The lowest BCUT2D eigenvalue weighted by Gasteiger charge is -2.31. The Morgan fingerprint density at radius 3 is 0.722 bits per heavy atom. The molecule has 6 rings (SSSR count). The molecule has 0 bridgehead atoms. The van der Waals surface area contributed by atoms with Crippen molar-refractivity contribution in [2.75, 3.05) is 63.4 Å². The lowest BCUT2D eigenvalue weighted by molar-refractivity contribution is 0.388. The number of hydrogen-bond acceptors (Lipinski definition) is 0. The largest absolute Gasteiger partial charge is 0.298 e. The van der Waals surface area contributed by atoms with Crippen molar-refractivity contribution < 1.29 is 0 Å². The van der Waals surface area contributed by atoms with Crippen LogP contribution in [0.4, 0.5) is 22.7 Å². The minimum Gasteiger partial charge on any atom is -0.298 e. The van der Waals surface area contributed by atoms with Crippen LogP contribution < -0.4 is 17.9 Å². The van der Waals surface area contributed by atoms with Gasteiger partial charge in [-0.05, 0) is 131 Å². The molecule has 6 aromatic rings. The third kappa shape index (κ3) is 9.26. The van der Waals surface area contributed by atoms with Crippen molar-refractivity contribution in [2.24, 2.45) is 0 Å². The monoisotopic (exact) mass is 718 g/mol. The summed E-state index contributed by atoms with van der Waals surface area (Å²) in [5.41, 5.74) is 15.7. The first kappa shape index (κ1) is 38.9. The molecule has 278 valence electrons. The summed E-state index contributed by atoms with van der Waals surface area (Å²) >= 11 is 0. The number of nitrogens with zero attached hydrogens (tertiary/aromatic N) is 4. The lowest BCUT2D eigenvalue weighted by atomic mass is 10.0. The van der Waals surface area contributed by atoms with Crippen molar-refractivity contribution in [3.8, 4) is 22.3 Å². The van der Waals surface area contributed by atoms with Gasteiger partial charge in [0.2, 0.25) is 0 Å². The summed E-state index contributed by atoms with van der Waals surface area (Å²) in [6.07, 6.45) is 1.08. The second-order valence-corrected chi connectivity index (χ2v) is 17.7. The molecule has 0 aromatic heterocycles. The zero-order valence-corrected chi connectivity index (χ0v) is 34.5. The summed E-state index contributed by atoms with van der Waals surface area (Å²) in [6, 6.07) is 54.6. The van der Waals surface area contributed by atoms with Crippen LogP contribution in [0.2, 0.25) is 0 Å². The Labute approximate surface area is 326 Å². The van der Waals surface area contributed by atoms with Crippen LogP contribution in [0.15, 0.2) is 146 Å². The smallest absolute Gasteiger partial charge is 0.132 e. The van der Waals surface area contributed by atoms with E-state index in [2.05, 4.69) is 216 Å². The fourth-order valence-corrected chi connectivity index (χ4v) is 7.55. The van der Waals surface area contributed by atoms with Crippen LogP contribution in [-0.2, 0) is 26.1 Å². The van der Waals surface area contributed by atoms with Crippen molar-refractivity contribution >= 4 is 22.7 Å². The van der Waals surface area contributed by atoms with Crippen LogP contribution in [0.25, 0.3) is 22.3 Å². The van der Waals surface area contributed by atoms with Crippen LogP contribution in [0.3, 0.4) is 0 Å². The van der Waals surface area contributed by atoms with Crippen molar-refractivity contribution in [3.05, 3.63) is 168 Å². The molecule has 0 fully saturated rings. The summed E-state index contributed by atoms with van der Waals surface area (Å²) < 4.78 is 3.22. The average molecular weight is 719 g/mol. The number of quaternary nitrogens is 4. The van der Waals surface area contributed by atoms with Gasteiger partial charge in [0, 0.05) is 16.7 Å². The Hall–Kier alpha value is -4.84. The highest BCUT2D eigenvalue weighted by Crippen LogP contribution is 2.32. The molecule has 54 heavy (non-hydrogen) atoms. The topological polar surface area (TPSA) is 0 Å². The molecular formula is C50H62N4+4. The summed E-state index contributed by atoms with van der Waals surface area (Å²) in [5, 5.41) is 0. The van der Waals surface area contributed by atoms with Crippen LogP contribution in [0.1, 0.15) is 29.2 Å². The van der Waals surface area contributed by atoms with E-state index in [0.717, 1.165) is 44.0 Å². The summed E-state index contributed by atoms with van der Waals surface area (Å²) in [4.78, 5) is 0. The van der Waals surface area contributed by atoms with E-state index in [-0.39, 0.29) is 0 Å². The zero-order valence-electron chi connectivity index (χ0n) is 34.5. The average Bonchev–Trinajstić information content (AvgIpc) is 3.15. The Bertz CT molecular complexity index is 2120. The Morgan fingerprint density at radius 2 is 0.500 bits per heavy atom. The van der Waals surface area contributed by atoms with E-state index in [0.29, 0.717) is 0 Å². The van der Waals surface area contributed by atoms with E-state index < -0.39 is 0 Å². The summed E-state index contributed by atoms with van der Waals surface area (Å²) in [5.74, 6) is 0. The molecule has 0 spiro atoms. The quantitative estimate of drug-likeness (QED) is 0.104. The Morgan fingerprint density at radius 1 is 0.278 bits per heavy atom. The minimum absolute atomic E-state index is 0.787. The SMILES string of the molecule is CCc1ccc(C[N+](C)(C)c2ccc(-c3ccc([N+](C)(C)Cc4ccc(C[N+](C)(C)c5ccc(-c6ccc([N+](C)(C)C)cc6)cc5)cc4)cc3)cc2)cc1. The molecule has 4 heteroatoms. The number of hydrogen-bond donors (Lipinski definition) is 0. The molecule has 0 heterocycles.